The van der Waals surface area contributed by atoms with E-state index in [-0.39, 0.29) is 12.5 Å². The Balaban J connectivity index is 1.73. The summed E-state index contributed by atoms with van der Waals surface area (Å²) in [7, 11) is 0. The van der Waals surface area contributed by atoms with E-state index in [0.717, 1.165) is 5.56 Å². The van der Waals surface area contributed by atoms with Crippen LogP contribution in [0.2, 0.25) is 0 Å². The number of hydrogen-bond acceptors (Lipinski definition) is 4. The van der Waals surface area contributed by atoms with Gasteiger partial charge in [0.1, 0.15) is 12.4 Å². The van der Waals surface area contributed by atoms with Crippen molar-refractivity contribution in [2.45, 2.75) is 6.54 Å². The molecule has 3 aromatic rings. The fraction of sp³-hybridized carbons (Fsp3) is 0.0667. The molecule has 2 aromatic heterocycles. The third-order valence-corrected chi connectivity index (χ3v) is 2.82. The average Bonchev–Trinajstić information content (AvgIpc) is 3.01. The Bertz CT molecular complexity index is 725. The van der Waals surface area contributed by atoms with Gasteiger partial charge in [0.25, 0.3) is 0 Å². The molecule has 1 N–H and O–H groups in total. The van der Waals surface area contributed by atoms with Crippen LogP contribution in [0.25, 0.3) is 11.4 Å². The predicted molar refractivity (Wildman–Crippen MR) is 78.3 cm³/mol. The average molecular weight is 279 g/mol. The Morgan fingerprint density at radius 1 is 1.10 bits per heavy atom. The molecule has 104 valence electrons. The third kappa shape index (κ3) is 3.30. The van der Waals surface area contributed by atoms with E-state index in [1.165, 1.54) is 0 Å². The molecule has 6 heteroatoms. The first-order valence-corrected chi connectivity index (χ1v) is 6.47. The van der Waals surface area contributed by atoms with Crippen LogP contribution >= 0.6 is 0 Å². The summed E-state index contributed by atoms with van der Waals surface area (Å²) >= 11 is 0. The van der Waals surface area contributed by atoms with Crippen LogP contribution in [0.15, 0.2) is 61.1 Å². The van der Waals surface area contributed by atoms with Gasteiger partial charge in [0.05, 0.1) is 0 Å². The first-order chi connectivity index (χ1) is 10.3. The van der Waals surface area contributed by atoms with Crippen LogP contribution in [0, 0.1) is 0 Å². The number of rotatable bonds is 4. The van der Waals surface area contributed by atoms with Gasteiger partial charge in [0.2, 0.25) is 5.91 Å². The van der Waals surface area contributed by atoms with E-state index in [1.807, 2.05) is 30.3 Å². The van der Waals surface area contributed by atoms with Gasteiger partial charge in [-0.2, -0.15) is 5.10 Å². The molecule has 0 aliphatic heterocycles. The van der Waals surface area contributed by atoms with Crippen LogP contribution in [-0.4, -0.2) is 25.7 Å². The first kappa shape index (κ1) is 13.0. The maximum Gasteiger partial charge on any atom is 0.247 e. The lowest BCUT2D eigenvalue weighted by Crippen LogP contribution is -2.19. The molecule has 3 rings (SSSR count). The number of carbonyl (C=O) groups is 1. The normalized spacial score (nSPS) is 10.3. The minimum atomic E-state index is -0.184. The lowest BCUT2D eigenvalue weighted by molar-refractivity contribution is -0.116. The van der Waals surface area contributed by atoms with Gasteiger partial charge in [-0.25, -0.2) is 9.97 Å². The van der Waals surface area contributed by atoms with E-state index >= 15 is 0 Å². The summed E-state index contributed by atoms with van der Waals surface area (Å²) in [6, 6.07) is 13.0. The van der Waals surface area contributed by atoms with Crippen molar-refractivity contribution in [1.82, 2.24) is 19.7 Å². The monoisotopic (exact) mass is 279 g/mol. The second kappa shape index (κ2) is 5.96. The first-order valence-electron chi connectivity index (χ1n) is 6.47. The zero-order valence-corrected chi connectivity index (χ0v) is 11.2. The number of carbonyl (C=O) groups excluding carboxylic acids is 1. The van der Waals surface area contributed by atoms with E-state index in [9.17, 15) is 4.79 Å². The Kier molecular flexibility index (Phi) is 3.68. The molecule has 0 aliphatic rings. The van der Waals surface area contributed by atoms with E-state index < -0.39 is 0 Å². The van der Waals surface area contributed by atoms with Crippen molar-refractivity contribution >= 4 is 11.7 Å². The van der Waals surface area contributed by atoms with Gasteiger partial charge in [-0.1, -0.05) is 30.3 Å². The maximum atomic E-state index is 11.9. The molecule has 0 spiro atoms. The number of nitrogens with zero attached hydrogens (tertiary/aromatic N) is 4. The zero-order chi connectivity index (χ0) is 14.5. The smallest absolute Gasteiger partial charge is 0.247 e. The minimum Gasteiger partial charge on any atom is -0.309 e. The largest absolute Gasteiger partial charge is 0.309 e. The highest BCUT2D eigenvalue weighted by molar-refractivity contribution is 5.89. The van der Waals surface area contributed by atoms with Crippen molar-refractivity contribution in [2.24, 2.45) is 0 Å². The van der Waals surface area contributed by atoms with Gasteiger partial charge in [-0.05, 0) is 12.1 Å². The number of nitrogens with one attached hydrogen (secondary N) is 1. The fourth-order valence-corrected chi connectivity index (χ4v) is 1.88. The molecule has 0 bridgehead atoms. The molecule has 0 saturated heterocycles. The second-order valence-corrected chi connectivity index (χ2v) is 4.38. The van der Waals surface area contributed by atoms with Crippen molar-refractivity contribution in [2.75, 3.05) is 5.32 Å². The van der Waals surface area contributed by atoms with Crippen molar-refractivity contribution in [3.05, 3.63) is 61.1 Å². The van der Waals surface area contributed by atoms with Crippen molar-refractivity contribution in [3.63, 3.8) is 0 Å². The molecule has 0 atom stereocenters. The minimum absolute atomic E-state index is 0.150. The fourth-order valence-electron chi connectivity index (χ4n) is 1.88. The van der Waals surface area contributed by atoms with Gasteiger partial charge < -0.3 is 5.32 Å². The standard InChI is InChI=1S/C15H13N5O/c21-14(11-20-10-4-8-17-20)18-13-7-9-16-15(19-13)12-5-2-1-3-6-12/h1-10H,11H2,(H,16,18,19,21). The molecule has 1 amide bonds. The van der Waals surface area contributed by atoms with Crippen molar-refractivity contribution < 1.29 is 4.79 Å². The SMILES string of the molecule is O=C(Cn1cccn1)Nc1ccnc(-c2ccccc2)n1. The number of amides is 1. The number of hydrogen-bond donors (Lipinski definition) is 1. The third-order valence-electron chi connectivity index (χ3n) is 2.82. The van der Waals surface area contributed by atoms with E-state index in [1.54, 1.807) is 35.4 Å². The van der Waals surface area contributed by atoms with Gasteiger partial charge >= 0.3 is 0 Å². The molecule has 6 nitrogen and oxygen atoms in total. The molecule has 0 fully saturated rings. The highest BCUT2D eigenvalue weighted by Crippen LogP contribution is 2.15. The van der Waals surface area contributed by atoms with E-state index in [2.05, 4.69) is 20.4 Å². The molecular formula is C15H13N5O. The summed E-state index contributed by atoms with van der Waals surface area (Å²) in [5.74, 6) is 0.866. The molecule has 0 aliphatic carbocycles. The summed E-state index contributed by atoms with van der Waals surface area (Å²) < 4.78 is 1.55. The van der Waals surface area contributed by atoms with E-state index in [0.29, 0.717) is 11.6 Å². The van der Waals surface area contributed by atoms with Gasteiger partial charge in [-0.3, -0.25) is 9.48 Å². The molecule has 21 heavy (non-hydrogen) atoms. The Morgan fingerprint density at radius 3 is 2.71 bits per heavy atom. The Labute approximate surface area is 121 Å². The highest BCUT2D eigenvalue weighted by atomic mass is 16.2. The zero-order valence-electron chi connectivity index (χ0n) is 11.2. The predicted octanol–water partition coefficient (Wildman–Crippen LogP) is 1.98. The number of anilines is 1. The summed E-state index contributed by atoms with van der Waals surface area (Å²) in [4.78, 5) is 20.4. The lowest BCUT2D eigenvalue weighted by atomic mass is 10.2. The highest BCUT2D eigenvalue weighted by Gasteiger charge is 2.06. The molecule has 1 aromatic carbocycles. The van der Waals surface area contributed by atoms with Gasteiger partial charge in [0, 0.05) is 24.2 Å². The topological polar surface area (TPSA) is 72.7 Å². The molecule has 0 saturated carbocycles. The Morgan fingerprint density at radius 2 is 1.95 bits per heavy atom. The van der Waals surface area contributed by atoms with Crippen LogP contribution in [0.5, 0.6) is 0 Å². The molecule has 0 unspecified atom stereocenters. The van der Waals surface area contributed by atoms with E-state index in [4.69, 9.17) is 0 Å². The maximum absolute atomic E-state index is 11.9. The summed E-state index contributed by atoms with van der Waals surface area (Å²) in [6.45, 7) is 0.150. The van der Waals surface area contributed by atoms with Crippen LogP contribution in [0.4, 0.5) is 5.82 Å². The van der Waals surface area contributed by atoms with Gasteiger partial charge in [0.15, 0.2) is 5.82 Å². The molecular weight excluding hydrogens is 266 g/mol. The van der Waals surface area contributed by atoms with Crippen LogP contribution < -0.4 is 5.32 Å². The molecule has 2 heterocycles. The quantitative estimate of drug-likeness (QED) is 0.792. The molecule has 0 radical (unpaired) electrons. The van der Waals surface area contributed by atoms with Crippen LogP contribution in [0.1, 0.15) is 0 Å². The Hall–Kier alpha value is -3.02. The summed E-state index contributed by atoms with van der Waals surface area (Å²) in [5.41, 5.74) is 0.903. The van der Waals surface area contributed by atoms with Crippen LogP contribution in [0.3, 0.4) is 0 Å². The summed E-state index contributed by atoms with van der Waals surface area (Å²) in [5, 5.41) is 6.73. The summed E-state index contributed by atoms with van der Waals surface area (Å²) in [6.07, 6.45) is 4.99. The van der Waals surface area contributed by atoms with Crippen LogP contribution in [-0.2, 0) is 11.3 Å². The second-order valence-electron chi connectivity index (χ2n) is 4.38. The van der Waals surface area contributed by atoms with Gasteiger partial charge in [-0.15, -0.1) is 0 Å². The van der Waals surface area contributed by atoms with Crippen molar-refractivity contribution in [3.8, 4) is 11.4 Å². The van der Waals surface area contributed by atoms with Crippen molar-refractivity contribution in [1.29, 1.82) is 0 Å². The number of benzene rings is 1. The lowest BCUT2D eigenvalue weighted by Gasteiger charge is -2.06. The number of aromatic nitrogens is 4.